The highest BCUT2D eigenvalue weighted by Gasteiger charge is 2.26. The van der Waals surface area contributed by atoms with Crippen molar-refractivity contribution in [3.05, 3.63) is 28.0 Å². The number of hydrogen-bond acceptors (Lipinski definition) is 3. The molecule has 16 heavy (non-hydrogen) atoms. The summed E-state index contributed by atoms with van der Waals surface area (Å²) in [7, 11) is 0. The lowest BCUT2D eigenvalue weighted by molar-refractivity contribution is 0.125. The van der Waals surface area contributed by atoms with E-state index in [-0.39, 0.29) is 16.1 Å². The van der Waals surface area contributed by atoms with Crippen molar-refractivity contribution >= 4 is 28.9 Å². The van der Waals surface area contributed by atoms with Crippen molar-refractivity contribution in [1.29, 1.82) is 0 Å². The van der Waals surface area contributed by atoms with Crippen molar-refractivity contribution in [2.24, 2.45) is 0 Å². The summed E-state index contributed by atoms with van der Waals surface area (Å²) in [6.07, 6.45) is -0.581. The predicted molar refractivity (Wildman–Crippen MR) is 60.7 cm³/mol. The highest BCUT2D eigenvalue weighted by atomic mass is 35.5. The van der Waals surface area contributed by atoms with Crippen LogP contribution in [0.4, 0.5) is 10.1 Å². The monoisotopic (exact) mass is 265 g/mol. The van der Waals surface area contributed by atoms with Crippen molar-refractivity contribution in [1.82, 2.24) is 0 Å². The molecule has 0 saturated carbocycles. The lowest BCUT2D eigenvalue weighted by Gasteiger charge is -2.16. The zero-order valence-electron chi connectivity index (χ0n) is 8.21. The minimum atomic E-state index is -0.642. The standard InChI is InChI=1S/C10H10Cl2FNO2/c11-6-1-5(2-7(12)10(6)13)14-8-3-16-4-9(8)15/h1-2,8-9,14-15H,3-4H2. The van der Waals surface area contributed by atoms with Gasteiger partial charge in [0, 0.05) is 5.69 Å². The molecule has 0 aliphatic carbocycles. The minimum Gasteiger partial charge on any atom is -0.388 e. The number of aliphatic hydroxyl groups excluding tert-OH is 1. The van der Waals surface area contributed by atoms with Gasteiger partial charge in [0.1, 0.15) is 0 Å². The van der Waals surface area contributed by atoms with Gasteiger partial charge in [-0.25, -0.2) is 4.39 Å². The molecule has 2 rings (SSSR count). The number of aliphatic hydroxyl groups is 1. The van der Waals surface area contributed by atoms with Crippen LogP contribution in [0, 0.1) is 5.82 Å². The molecule has 0 radical (unpaired) electrons. The topological polar surface area (TPSA) is 41.5 Å². The second-order valence-corrected chi connectivity index (χ2v) is 4.42. The number of nitrogens with one attached hydrogen (secondary N) is 1. The van der Waals surface area contributed by atoms with E-state index < -0.39 is 11.9 Å². The third-order valence-electron chi connectivity index (χ3n) is 2.39. The Labute approximate surface area is 102 Å². The summed E-state index contributed by atoms with van der Waals surface area (Å²) >= 11 is 11.3. The smallest absolute Gasteiger partial charge is 0.160 e. The molecule has 1 aliphatic heterocycles. The maximum Gasteiger partial charge on any atom is 0.160 e. The zero-order chi connectivity index (χ0) is 11.7. The molecule has 1 aromatic carbocycles. The van der Waals surface area contributed by atoms with E-state index in [1.54, 1.807) is 0 Å². The van der Waals surface area contributed by atoms with E-state index >= 15 is 0 Å². The lowest BCUT2D eigenvalue weighted by Crippen LogP contribution is -2.31. The van der Waals surface area contributed by atoms with Gasteiger partial charge in [-0.1, -0.05) is 23.2 Å². The molecular formula is C10H10Cl2FNO2. The molecule has 2 atom stereocenters. The molecule has 2 unspecified atom stereocenters. The van der Waals surface area contributed by atoms with Gasteiger partial charge in [0.25, 0.3) is 0 Å². The maximum absolute atomic E-state index is 13.1. The molecule has 1 fully saturated rings. The Bertz CT molecular complexity index is 379. The molecule has 1 saturated heterocycles. The van der Waals surface area contributed by atoms with E-state index in [4.69, 9.17) is 27.9 Å². The molecule has 1 aromatic rings. The number of anilines is 1. The third-order valence-corrected chi connectivity index (χ3v) is 2.94. The Morgan fingerprint density at radius 3 is 2.44 bits per heavy atom. The number of rotatable bonds is 2. The second kappa shape index (κ2) is 4.75. The van der Waals surface area contributed by atoms with E-state index in [1.807, 2.05) is 0 Å². The van der Waals surface area contributed by atoms with Gasteiger partial charge in [0.15, 0.2) is 5.82 Å². The molecule has 3 nitrogen and oxygen atoms in total. The fourth-order valence-electron chi connectivity index (χ4n) is 1.53. The molecule has 0 spiro atoms. The highest BCUT2D eigenvalue weighted by Crippen LogP contribution is 2.28. The van der Waals surface area contributed by atoms with Crippen LogP contribution in [-0.2, 0) is 4.74 Å². The van der Waals surface area contributed by atoms with E-state index in [2.05, 4.69) is 5.32 Å². The number of halogens is 3. The SMILES string of the molecule is OC1COCC1Nc1cc(Cl)c(F)c(Cl)c1. The summed E-state index contributed by atoms with van der Waals surface area (Å²) in [5, 5.41) is 12.4. The summed E-state index contributed by atoms with van der Waals surface area (Å²) in [5.74, 6) is -0.642. The minimum absolute atomic E-state index is 0.0524. The fourth-order valence-corrected chi connectivity index (χ4v) is 2.02. The second-order valence-electron chi connectivity index (χ2n) is 3.61. The van der Waals surface area contributed by atoms with Crippen LogP contribution in [0.5, 0.6) is 0 Å². The van der Waals surface area contributed by atoms with Crippen molar-refractivity contribution < 1.29 is 14.2 Å². The van der Waals surface area contributed by atoms with E-state index in [1.165, 1.54) is 12.1 Å². The van der Waals surface area contributed by atoms with Gasteiger partial charge in [-0.2, -0.15) is 0 Å². The Hall–Kier alpha value is -0.550. The van der Waals surface area contributed by atoms with Gasteiger partial charge < -0.3 is 15.2 Å². The Morgan fingerprint density at radius 2 is 1.94 bits per heavy atom. The Kier molecular flexibility index (Phi) is 3.54. The first kappa shape index (κ1) is 11.9. The number of hydrogen-bond donors (Lipinski definition) is 2. The fraction of sp³-hybridized carbons (Fsp3) is 0.400. The first-order valence-corrected chi connectivity index (χ1v) is 5.50. The lowest BCUT2D eigenvalue weighted by atomic mass is 10.2. The van der Waals surface area contributed by atoms with Crippen molar-refractivity contribution in [3.63, 3.8) is 0 Å². The van der Waals surface area contributed by atoms with Crippen LogP contribution < -0.4 is 5.32 Å². The molecule has 1 heterocycles. The number of ether oxygens (including phenoxy) is 1. The Morgan fingerprint density at radius 1 is 1.31 bits per heavy atom. The largest absolute Gasteiger partial charge is 0.388 e. The molecule has 88 valence electrons. The summed E-state index contributed by atoms with van der Waals surface area (Å²) in [5.41, 5.74) is 0.561. The highest BCUT2D eigenvalue weighted by molar-refractivity contribution is 6.35. The third kappa shape index (κ3) is 2.40. The molecule has 6 heteroatoms. The first-order chi connectivity index (χ1) is 7.58. The van der Waals surface area contributed by atoms with Crippen LogP contribution in [0.2, 0.25) is 10.0 Å². The van der Waals surface area contributed by atoms with Crippen LogP contribution in [0.1, 0.15) is 0 Å². The first-order valence-electron chi connectivity index (χ1n) is 4.75. The zero-order valence-corrected chi connectivity index (χ0v) is 9.72. The summed E-state index contributed by atoms with van der Waals surface area (Å²) < 4.78 is 18.2. The van der Waals surface area contributed by atoms with E-state index in [9.17, 15) is 9.50 Å². The van der Waals surface area contributed by atoms with E-state index in [0.717, 1.165) is 0 Å². The van der Waals surface area contributed by atoms with Crippen LogP contribution in [0.3, 0.4) is 0 Å². The average Bonchev–Trinajstić information content (AvgIpc) is 2.61. The summed E-state index contributed by atoms with van der Waals surface area (Å²) in [4.78, 5) is 0. The summed E-state index contributed by atoms with van der Waals surface area (Å²) in [6, 6.07) is 2.62. The number of benzene rings is 1. The average molecular weight is 266 g/mol. The molecular weight excluding hydrogens is 256 g/mol. The molecule has 1 aliphatic rings. The van der Waals surface area contributed by atoms with Gasteiger partial charge in [0.2, 0.25) is 0 Å². The molecule has 0 bridgehead atoms. The molecule has 0 aromatic heterocycles. The predicted octanol–water partition coefficient (Wildman–Crippen LogP) is 2.30. The van der Waals surface area contributed by atoms with Crippen LogP contribution in [0.15, 0.2) is 12.1 Å². The Balaban J connectivity index is 2.15. The van der Waals surface area contributed by atoms with Gasteiger partial charge in [-0.3, -0.25) is 0 Å². The summed E-state index contributed by atoms with van der Waals surface area (Å²) in [6.45, 7) is 0.689. The van der Waals surface area contributed by atoms with Gasteiger partial charge in [-0.15, -0.1) is 0 Å². The van der Waals surface area contributed by atoms with Crippen molar-refractivity contribution in [2.45, 2.75) is 12.1 Å². The molecule has 0 amide bonds. The van der Waals surface area contributed by atoms with Gasteiger partial charge >= 0.3 is 0 Å². The van der Waals surface area contributed by atoms with Crippen molar-refractivity contribution in [2.75, 3.05) is 18.5 Å². The van der Waals surface area contributed by atoms with E-state index in [0.29, 0.717) is 18.9 Å². The van der Waals surface area contributed by atoms with Gasteiger partial charge in [-0.05, 0) is 12.1 Å². The quantitative estimate of drug-likeness (QED) is 0.807. The van der Waals surface area contributed by atoms with Crippen LogP contribution in [0.25, 0.3) is 0 Å². The van der Waals surface area contributed by atoms with Gasteiger partial charge in [0.05, 0.1) is 35.4 Å². The molecule has 2 N–H and O–H groups in total. The van der Waals surface area contributed by atoms with Crippen LogP contribution in [-0.4, -0.2) is 30.5 Å². The normalized spacial score (nSPS) is 24.8. The van der Waals surface area contributed by atoms with Crippen molar-refractivity contribution in [3.8, 4) is 0 Å². The van der Waals surface area contributed by atoms with Crippen LogP contribution >= 0.6 is 23.2 Å². The maximum atomic E-state index is 13.1.